The summed E-state index contributed by atoms with van der Waals surface area (Å²) >= 11 is 0.589. The van der Waals surface area contributed by atoms with E-state index in [1.807, 2.05) is 6.92 Å². The minimum Gasteiger partial charge on any atom is -0.370 e. The fraction of sp³-hybridized carbons (Fsp3) is 0.0952. The molecule has 0 spiro atoms. The van der Waals surface area contributed by atoms with Crippen molar-refractivity contribution in [1.82, 2.24) is 15.0 Å². The summed E-state index contributed by atoms with van der Waals surface area (Å²) in [4.78, 5) is 23.9. The van der Waals surface area contributed by atoms with Crippen LogP contribution in [0.2, 0.25) is 0 Å². The monoisotopic (exact) mass is 461 g/mol. The Hall–Kier alpha value is -3.60. The van der Waals surface area contributed by atoms with Crippen molar-refractivity contribution in [2.24, 2.45) is 0 Å². The number of rotatable bonds is 7. The van der Waals surface area contributed by atoms with Crippen molar-refractivity contribution in [3.05, 3.63) is 77.3 Å². The molecule has 4 rings (SSSR count). The van der Waals surface area contributed by atoms with Gasteiger partial charge in [-0.3, -0.25) is 4.79 Å². The molecule has 0 radical (unpaired) electrons. The highest BCUT2D eigenvalue weighted by atomic mass is 32.2. The highest BCUT2D eigenvalue weighted by Gasteiger charge is 2.26. The standard InChI is InChI=1S/C21H15F4N5OS/c1-2-26-20-16-11(8-27-21(16)29-9-28-20)19(31)17-13(24)5-6-14(18(17)25)30-32-15-7-10(22)3-4-12(15)23/h3-9,30H,2H2,1H3,(H2,26,27,28,29). The second-order valence-corrected chi connectivity index (χ2v) is 7.42. The van der Waals surface area contributed by atoms with E-state index in [0.717, 1.165) is 30.3 Å². The predicted octanol–water partition coefficient (Wildman–Crippen LogP) is 5.30. The molecular formula is C21H15F4N5OS. The number of anilines is 2. The average Bonchev–Trinajstić information content (AvgIpc) is 3.21. The fourth-order valence-corrected chi connectivity index (χ4v) is 3.80. The van der Waals surface area contributed by atoms with E-state index in [0.29, 0.717) is 35.3 Å². The largest absolute Gasteiger partial charge is 0.370 e. The quantitative estimate of drug-likeness (QED) is 0.197. The van der Waals surface area contributed by atoms with Gasteiger partial charge in [0, 0.05) is 12.7 Å². The number of H-pyrrole nitrogens is 1. The van der Waals surface area contributed by atoms with Gasteiger partial charge in [0.2, 0.25) is 5.78 Å². The highest BCUT2D eigenvalue weighted by Crippen LogP contribution is 2.31. The first-order chi connectivity index (χ1) is 15.4. The number of nitrogens with zero attached hydrogens (tertiary/aromatic N) is 2. The number of hydrogen-bond donors (Lipinski definition) is 3. The topological polar surface area (TPSA) is 82.7 Å². The minimum absolute atomic E-state index is 0.0182. The normalized spacial score (nSPS) is 11.0. The highest BCUT2D eigenvalue weighted by molar-refractivity contribution is 8.00. The lowest BCUT2D eigenvalue weighted by atomic mass is 10.0. The van der Waals surface area contributed by atoms with Crippen LogP contribution in [0.5, 0.6) is 0 Å². The molecule has 0 saturated carbocycles. The van der Waals surface area contributed by atoms with Gasteiger partial charge >= 0.3 is 0 Å². The molecule has 2 aromatic carbocycles. The summed E-state index contributed by atoms with van der Waals surface area (Å²) in [5.41, 5.74) is -0.768. The van der Waals surface area contributed by atoms with Gasteiger partial charge in [0.25, 0.3) is 0 Å². The number of halogens is 4. The first kappa shape index (κ1) is 21.6. The lowest BCUT2D eigenvalue weighted by Crippen LogP contribution is -2.10. The van der Waals surface area contributed by atoms with E-state index in [1.54, 1.807) is 0 Å². The van der Waals surface area contributed by atoms with Crippen molar-refractivity contribution in [1.29, 1.82) is 0 Å². The molecule has 2 aromatic heterocycles. The summed E-state index contributed by atoms with van der Waals surface area (Å²) < 4.78 is 59.4. The van der Waals surface area contributed by atoms with Crippen LogP contribution in [-0.4, -0.2) is 27.3 Å². The number of carbonyl (C=O) groups is 1. The summed E-state index contributed by atoms with van der Waals surface area (Å²) in [7, 11) is 0. The van der Waals surface area contributed by atoms with E-state index in [-0.39, 0.29) is 16.1 Å². The lowest BCUT2D eigenvalue weighted by Gasteiger charge is -2.11. The number of hydrogen-bond acceptors (Lipinski definition) is 6. The third kappa shape index (κ3) is 3.98. The van der Waals surface area contributed by atoms with E-state index in [9.17, 15) is 18.0 Å². The molecule has 4 aromatic rings. The first-order valence-electron chi connectivity index (χ1n) is 9.37. The van der Waals surface area contributed by atoms with E-state index < -0.39 is 34.6 Å². The average molecular weight is 461 g/mol. The zero-order valence-electron chi connectivity index (χ0n) is 16.5. The van der Waals surface area contributed by atoms with Gasteiger partial charge in [-0.2, -0.15) is 0 Å². The molecule has 6 nitrogen and oxygen atoms in total. The van der Waals surface area contributed by atoms with Crippen molar-refractivity contribution in [2.45, 2.75) is 11.8 Å². The molecule has 0 atom stereocenters. The molecule has 0 aliphatic carbocycles. The Morgan fingerprint density at radius 1 is 1.09 bits per heavy atom. The molecule has 2 heterocycles. The van der Waals surface area contributed by atoms with Crippen molar-refractivity contribution in [3.63, 3.8) is 0 Å². The van der Waals surface area contributed by atoms with Gasteiger partial charge in [-0.25, -0.2) is 27.5 Å². The van der Waals surface area contributed by atoms with Gasteiger partial charge in [0.1, 0.15) is 35.2 Å². The molecule has 11 heteroatoms. The molecule has 0 amide bonds. The maximum Gasteiger partial charge on any atom is 0.201 e. The number of ketones is 1. The van der Waals surface area contributed by atoms with Crippen LogP contribution < -0.4 is 10.0 Å². The summed E-state index contributed by atoms with van der Waals surface area (Å²) in [5, 5.41) is 3.28. The number of carbonyl (C=O) groups excluding carboxylic acids is 1. The molecule has 0 aliphatic heterocycles. The van der Waals surface area contributed by atoms with Crippen molar-refractivity contribution in [2.75, 3.05) is 16.6 Å². The molecule has 0 unspecified atom stereocenters. The lowest BCUT2D eigenvalue weighted by molar-refractivity contribution is 0.103. The van der Waals surface area contributed by atoms with Crippen LogP contribution in [0.3, 0.4) is 0 Å². The zero-order valence-corrected chi connectivity index (χ0v) is 17.3. The molecule has 164 valence electrons. The van der Waals surface area contributed by atoms with Gasteiger partial charge in [0.15, 0.2) is 5.82 Å². The van der Waals surface area contributed by atoms with E-state index >= 15 is 4.39 Å². The van der Waals surface area contributed by atoms with Crippen molar-refractivity contribution >= 4 is 40.3 Å². The smallest absolute Gasteiger partial charge is 0.201 e. The summed E-state index contributed by atoms with van der Waals surface area (Å²) in [6, 6.07) is 4.78. The number of aromatic amines is 1. The SMILES string of the molecule is CCNc1ncnc2[nH]cc(C(=O)c3c(F)ccc(NSc4cc(F)ccc4F)c3F)c12. The maximum absolute atomic E-state index is 15.1. The van der Waals surface area contributed by atoms with Crippen LogP contribution in [-0.2, 0) is 0 Å². The van der Waals surface area contributed by atoms with Crippen LogP contribution >= 0.6 is 11.9 Å². The molecule has 0 aliphatic rings. The third-order valence-corrected chi connectivity index (χ3v) is 5.40. The van der Waals surface area contributed by atoms with E-state index in [1.165, 1.54) is 12.5 Å². The Morgan fingerprint density at radius 3 is 2.66 bits per heavy atom. The maximum atomic E-state index is 15.1. The van der Waals surface area contributed by atoms with Gasteiger partial charge in [-0.15, -0.1) is 0 Å². The van der Waals surface area contributed by atoms with Crippen LogP contribution in [0.25, 0.3) is 11.0 Å². The fourth-order valence-electron chi connectivity index (χ4n) is 3.08. The third-order valence-electron chi connectivity index (χ3n) is 4.54. The van der Waals surface area contributed by atoms with Crippen LogP contribution in [0, 0.1) is 23.3 Å². The first-order valence-corrected chi connectivity index (χ1v) is 10.2. The Balaban J connectivity index is 1.71. The van der Waals surface area contributed by atoms with E-state index in [2.05, 4.69) is 25.0 Å². The molecular weight excluding hydrogens is 446 g/mol. The van der Waals surface area contributed by atoms with Crippen molar-refractivity contribution < 1.29 is 22.4 Å². The molecule has 3 N–H and O–H groups in total. The summed E-state index contributed by atoms with van der Waals surface area (Å²) in [5.74, 6) is -4.23. The minimum atomic E-state index is -1.17. The van der Waals surface area contributed by atoms with Crippen LogP contribution in [0.15, 0.2) is 47.8 Å². The summed E-state index contributed by atoms with van der Waals surface area (Å²) in [6.07, 6.45) is 2.60. The van der Waals surface area contributed by atoms with Gasteiger partial charge in [0.05, 0.1) is 27.1 Å². The zero-order chi connectivity index (χ0) is 22.8. The molecule has 32 heavy (non-hydrogen) atoms. The molecule has 0 fully saturated rings. The Labute approximate surface area is 183 Å². The number of fused-ring (bicyclic) bond motifs is 1. The second-order valence-electron chi connectivity index (χ2n) is 6.57. The Bertz CT molecular complexity index is 1330. The molecule has 0 bridgehead atoms. The summed E-state index contributed by atoms with van der Waals surface area (Å²) in [6.45, 7) is 2.33. The van der Waals surface area contributed by atoms with Crippen LogP contribution in [0.4, 0.5) is 29.1 Å². The van der Waals surface area contributed by atoms with Gasteiger partial charge in [-0.05, 0) is 49.2 Å². The van der Waals surface area contributed by atoms with Gasteiger partial charge in [-0.1, -0.05) is 0 Å². The number of aromatic nitrogens is 3. The van der Waals surface area contributed by atoms with Crippen LogP contribution in [0.1, 0.15) is 22.8 Å². The van der Waals surface area contributed by atoms with E-state index in [4.69, 9.17) is 0 Å². The second kappa shape index (κ2) is 8.87. The van der Waals surface area contributed by atoms with Crippen molar-refractivity contribution in [3.8, 4) is 0 Å². The van der Waals surface area contributed by atoms with Gasteiger partial charge < -0.3 is 15.0 Å². The Kier molecular flexibility index (Phi) is 5.99. The number of benzene rings is 2. The Morgan fingerprint density at radius 2 is 1.88 bits per heavy atom. The molecule has 0 saturated heterocycles. The predicted molar refractivity (Wildman–Crippen MR) is 114 cm³/mol. The number of nitrogens with one attached hydrogen (secondary N) is 3.